The normalized spacial score (nSPS) is 12.5. The van der Waals surface area contributed by atoms with E-state index in [1.165, 1.54) is 0 Å². The van der Waals surface area contributed by atoms with E-state index in [-0.39, 0.29) is 18.5 Å². The van der Waals surface area contributed by atoms with Gasteiger partial charge in [-0.3, -0.25) is 0 Å². The Bertz CT molecular complexity index is 878. The second kappa shape index (κ2) is 10.3. The van der Waals surface area contributed by atoms with Crippen molar-refractivity contribution < 1.29 is 19.1 Å². The molecule has 1 amide bonds. The standard InChI is InChI=1S/C22H28N4O4/c1-15(2)13-22(3,26-21(28)29-14-16-7-5-4-6-8-16)19(27)30-18-11-9-17(10-12-18)25-20(23)24/h4-12,15H,13-14H2,1-3H3,(H,26,28)(H4,23,24,25). The van der Waals surface area contributed by atoms with E-state index in [0.29, 0.717) is 17.9 Å². The molecule has 5 N–H and O–H groups in total. The Kier molecular flexibility index (Phi) is 7.80. The Hall–Kier alpha value is -3.55. The highest BCUT2D eigenvalue weighted by Crippen LogP contribution is 2.23. The zero-order valence-corrected chi connectivity index (χ0v) is 17.4. The van der Waals surface area contributed by atoms with Crippen LogP contribution in [-0.4, -0.2) is 23.6 Å². The second-order valence-electron chi connectivity index (χ2n) is 7.54. The third kappa shape index (κ3) is 7.12. The van der Waals surface area contributed by atoms with Crippen molar-refractivity contribution in [1.29, 1.82) is 0 Å². The van der Waals surface area contributed by atoms with Crippen molar-refractivity contribution in [2.24, 2.45) is 22.4 Å². The lowest BCUT2D eigenvalue weighted by molar-refractivity contribution is -0.141. The summed E-state index contributed by atoms with van der Waals surface area (Å²) in [6, 6.07) is 15.7. The molecule has 1 unspecified atom stereocenters. The summed E-state index contributed by atoms with van der Waals surface area (Å²) in [6.45, 7) is 5.62. The van der Waals surface area contributed by atoms with Crippen LogP contribution in [0.1, 0.15) is 32.8 Å². The molecule has 30 heavy (non-hydrogen) atoms. The van der Waals surface area contributed by atoms with Gasteiger partial charge in [-0.15, -0.1) is 0 Å². The molecule has 8 nitrogen and oxygen atoms in total. The Morgan fingerprint density at radius 2 is 1.70 bits per heavy atom. The van der Waals surface area contributed by atoms with Crippen molar-refractivity contribution in [3.8, 4) is 5.75 Å². The van der Waals surface area contributed by atoms with Crippen LogP contribution in [0.25, 0.3) is 0 Å². The maximum absolute atomic E-state index is 12.9. The van der Waals surface area contributed by atoms with Gasteiger partial charge in [0.15, 0.2) is 5.96 Å². The molecule has 2 aromatic rings. The molecule has 0 radical (unpaired) electrons. The number of carbonyl (C=O) groups excluding carboxylic acids is 2. The SMILES string of the molecule is CC(C)CC(C)(NC(=O)OCc1ccccc1)C(=O)Oc1ccc(N=C(N)N)cc1. The van der Waals surface area contributed by atoms with Gasteiger partial charge in [0.2, 0.25) is 0 Å². The second-order valence-corrected chi connectivity index (χ2v) is 7.54. The van der Waals surface area contributed by atoms with E-state index in [4.69, 9.17) is 20.9 Å². The number of esters is 1. The third-order valence-corrected chi connectivity index (χ3v) is 4.16. The molecule has 0 aromatic heterocycles. The number of benzene rings is 2. The van der Waals surface area contributed by atoms with E-state index in [9.17, 15) is 9.59 Å². The average molecular weight is 412 g/mol. The molecule has 0 fully saturated rings. The van der Waals surface area contributed by atoms with E-state index in [1.54, 1.807) is 31.2 Å². The molecule has 1 atom stereocenters. The Morgan fingerprint density at radius 1 is 1.07 bits per heavy atom. The molecule has 160 valence electrons. The van der Waals surface area contributed by atoms with Crippen LogP contribution >= 0.6 is 0 Å². The molecule has 2 rings (SSSR count). The van der Waals surface area contributed by atoms with Crippen LogP contribution in [0, 0.1) is 5.92 Å². The summed E-state index contributed by atoms with van der Waals surface area (Å²) in [6.07, 6.45) is -0.319. The van der Waals surface area contributed by atoms with E-state index < -0.39 is 17.6 Å². The van der Waals surface area contributed by atoms with Crippen molar-refractivity contribution in [3.63, 3.8) is 0 Å². The summed E-state index contributed by atoms with van der Waals surface area (Å²) in [7, 11) is 0. The largest absolute Gasteiger partial charge is 0.445 e. The number of nitrogens with two attached hydrogens (primary N) is 2. The molecule has 0 aliphatic rings. The van der Waals surface area contributed by atoms with Crippen LogP contribution in [0.3, 0.4) is 0 Å². The van der Waals surface area contributed by atoms with E-state index >= 15 is 0 Å². The first-order valence-corrected chi connectivity index (χ1v) is 9.59. The van der Waals surface area contributed by atoms with Gasteiger partial charge in [0.25, 0.3) is 0 Å². The minimum atomic E-state index is -1.26. The fourth-order valence-corrected chi connectivity index (χ4v) is 2.94. The first-order chi connectivity index (χ1) is 14.2. The molecule has 8 heteroatoms. The van der Waals surface area contributed by atoms with E-state index in [0.717, 1.165) is 5.56 Å². The highest BCUT2D eigenvalue weighted by atomic mass is 16.6. The lowest BCUT2D eigenvalue weighted by Gasteiger charge is -2.29. The van der Waals surface area contributed by atoms with Gasteiger partial charge < -0.3 is 26.3 Å². The van der Waals surface area contributed by atoms with E-state index in [1.807, 2.05) is 44.2 Å². The fourth-order valence-electron chi connectivity index (χ4n) is 2.94. The predicted molar refractivity (Wildman–Crippen MR) is 115 cm³/mol. The number of aliphatic imine (C=N–C) groups is 1. The maximum atomic E-state index is 12.9. The number of rotatable bonds is 8. The van der Waals surface area contributed by atoms with Gasteiger partial charge in [-0.1, -0.05) is 44.2 Å². The minimum absolute atomic E-state index is 0.0672. The number of ether oxygens (including phenoxy) is 2. The van der Waals surface area contributed by atoms with Crippen molar-refractivity contribution in [2.45, 2.75) is 39.3 Å². The predicted octanol–water partition coefficient (Wildman–Crippen LogP) is 3.23. The Labute approximate surface area is 176 Å². The molecule has 0 saturated heterocycles. The summed E-state index contributed by atoms with van der Waals surface area (Å²) in [5, 5.41) is 2.66. The van der Waals surface area contributed by atoms with Gasteiger partial charge in [0, 0.05) is 0 Å². The van der Waals surface area contributed by atoms with E-state index in [2.05, 4.69) is 10.3 Å². The van der Waals surface area contributed by atoms with Crippen molar-refractivity contribution in [1.82, 2.24) is 5.32 Å². The molecule has 0 saturated carbocycles. The highest BCUT2D eigenvalue weighted by molar-refractivity contribution is 5.87. The Balaban J connectivity index is 2.05. The molecule has 0 aliphatic carbocycles. The Morgan fingerprint density at radius 3 is 2.27 bits per heavy atom. The van der Waals surface area contributed by atoms with Crippen molar-refractivity contribution in [3.05, 3.63) is 60.2 Å². The van der Waals surface area contributed by atoms with Gasteiger partial charge in [0.1, 0.15) is 17.9 Å². The number of hydrogen-bond acceptors (Lipinski definition) is 5. The van der Waals surface area contributed by atoms with Crippen molar-refractivity contribution >= 4 is 23.7 Å². The quantitative estimate of drug-likeness (QED) is 0.264. The molecule has 2 aromatic carbocycles. The highest BCUT2D eigenvalue weighted by Gasteiger charge is 2.38. The number of hydrogen-bond donors (Lipinski definition) is 3. The lowest BCUT2D eigenvalue weighted by Crippen LogP contribution is -2.54. The number of alkyl carbamates (subject to hydrolysis) is 1. The molecule has 0 spiro atoms. The molecule has 0 bridgehead atoms. The topological polar surface area (TPSA) is 129 Å². The lowest BCUT2D eigenvalue weighted by atomic mass is 9.91. The zero-order valence-electron chi connectivity index (χ0n) is 17.4. The number of guanidine groups is 1. The smallest absolute Gasteiger partial charge is 0.408 e. The van der Waals surface area contributed by atoms with Crippen molar-refractivity contribution in [2.75, 3.05) is 0 Å². The van der Waals surface area contributed by atoms with Gasteiger partial charge in [-0.2, -0.15) is 0 Å². The molecular formula is C22H28N4O4. The number of nitrogens with zero attached hydrogens (tertiary/aromatic N) is 1. The third-order valence-electron chi connectivity index (χ3n) is 4.16. The summed E-state index contributed by atoms with van der Waals surface area (Å²) >= 11 is 0. The van der Waals surface area contributed by atoms with Crippen LogP contribution < -0.4 is 21.5 Å². The average Bonchev–Trinajstić information content (AvgIpc) is 2.67. The molecule has 0 heterocycles. The first kappa shape index (κ1) is 22.7. The monoisotopic (exact) mass is 412 g/mol. The van der Waals surface area contributed by atoms with Gasteiger partial charge >= 0.3 is 12.1 Å². The van der Waals surface area contributed by atoms with Gasteiger partial charge in [0.05, 0.1) is 5.69 Å². The summed E-state index contributed by atoms with van der Waals surface area (Å²) in [5.74, 6) is -0.227. The number of nitrogens with one attached hydrogen (secondary N) is 1. The summed E-state index contributed by atoms with van der Waals surface area (Å²) in [4.78, 5) is 29.1. The molecule has 0 aliphatic heterocycles. The fraction of sp³-hybridized carbons (Fsp3) is 0.318. The summed E-state index contributed by atoms with van der Waals surface area (Å²) in [5.41, 5.74) is 10.8. The zero-order chi connectivity index (χ0) is 22.1. The van der Waals surface area contributed by atoms with Crippen LogP contribution in [0.5, 0.6) is 5.75 Å². The van der Waals surface area contributed by atoms with Gasteiger partial charge in [-0.25, -0.2) is 14.6 Å². The minimum Gasteiger partial charge on any atom is -0.445 e. The van der Waals surface area contributed by atoms with Crippen LogP contribution in [-0.2, 0) is 16.1 Å². The maximum Gasteiger partial charge on any atom is 0.408 e. The molecular weight excluding hydrogens is 384 g/mol. The van der Waals surface area contributed by atoms with Crippen LogP contribution in [0.2, 0.25) is 0 Å². The van der Waals surface area contributed by atoms with Crippen LogP contribution in [0.15, 0.2) is 59.6 Å². The number of amides is 1. The van der Waals surface area contributed by atoms with Gasteiger partial charge in [-0.05, 0) is 49.1 Å². The first-order valence-electron chi connectivity index (χ1n) is 9.59. The number of carbonyl (C=O) groups is 2. The summed E-state index contributed by atoms with van der Waals surface area (Å²) < 4.78 is 10.7. The van der Waals surface area contributed by atoms with Crippen LogP contribution in [0.4, 0.5) is 10.5 Å².